The van der Waals surface area contributed by atoms with Crippen molar-refractivity contribution in [3.8, 4) is 0 Å². The number of esters is 1. The van der Waals surface area contributed by atoms with Crippen LogP contribution in [-0.4, -0.2) is 35.3 Å². The SMILES string of the molecule is C[C@@H](OC(=O)[C@@H]1CC(=O)N(Cc2ccco2)C1)C(=O)Nc1ccc(Cl)cc1F. The molecule has 1 fully saturated rings. The first-order valence-electron chi connectivity index (χ1n) is 8.60. The van der Waals surface area contributed by atoms with Crippen molar-refractivity contribution in [1.82, 2.24) is 4.90 Å². The number of anilines is 1. The second kappa shape index (κ2) is 8.43. The van der Waals surface area contributed by atoms with Crippen LogP contribution >= 0.6 is 11.6 Å². The molecule has 0 aliphatic carbocycles. The number of nitrogens with one attached hydrogen (secondary N) is 1. The standard InChI is InChI=1S/C19H18ClFN2O5/c1-11(18(25)22-16-5-4-13(20)8-15(16)21)28-19(26)12-7-17(24)23(9-12)10-14-3-2-6-27-14/h2-6,8,11-12H,7,9-10H2,1H3,(H,22,25)/t11-,12-/m1/s1. The Bertz CT molecular complexity index is 886. The third kappa shape index (κ3) is 4.69. The summed E-state index contributed by atoms with van der Waals surface area (Å²) in [6.07, 6.45) is 0.349. The zero-order chi connectivity index (χ0) is 20.3. The molecule has 1 N–H and O–H groups in total. The van der Waals surface area contributed by atoms with Crippen LogP contribution in [0.15, 0.2) is 41.0 Å². The van der Waals surface area contributed by atoms with Crippen LogP contribution in [0.3, 0.4) is 0 Å². The van der Waals surface area contributed by atoms with Crippen molar-refractivity contribution < 1.29 is 27.9 Å². The summed E-state index contributed by atoms with van der Waals surface area (Å²) in [6.45, 7) is 1.82. The second-order valence-electron chi connectivity index (χ2n) is 6.45. The molecule has 28 heavy (non-hydrogen) atoms. The van der Waals surface area contributed by atoms with Gasteiger partial charge in [0, 0.05) is 18.0 Å². The quantitative estimate of drug-likeness (QED) is 0.742. The lowest BCUT2D eigenvalue weighted by Gasteiger charge is -2.17. The summed E-state index contributed by atoms with van der Waals surface area (Å²) >= 11 is 5.67. The van der Waals surface area contributed by atoms with Gasteiger partial charge in [-0.1, -0.05) is 11.6 Å². The number of ether oxygens (including phenoxy) is 1. The number of furan rings is 1. The average molecular weight is 409 g/mol. The summed E-state index contributed by atoms with van der Waals surface area (Å²) in [4.78, 5) is 38.1. The zero-order valence-electron chi connectivity index (χ0n) is 15.0. The summed E-state index contributed by atoms with van der Waals surface area (Å²) < 4.78 is 24.1. The van der Waals surface area contributed by atoms with E-state index in [9.17, 15) is 18.8 Å². The van der Waals surface area contributed by atoms with Gasteiger partial charge in [-0.15, -0.1) is 0 Å². The number of likely N-dealkylation sites (tertiary alicyclic amines) is 1. The topological polar surface area (TPSA) is 88.9 Å². The third-order valence-corrected chi connectivity index (χ3v) is 4.56. The molecular formula is C19H18ClFN2O5. The van der Waals surface area contributed by atoms with E-state index in [4.69, 9.17) is 20.8 Å². The number of benzene rings is 1. The van der Waals surface area contributed by atoms with Crippen molar-refractivity contribution in [3.05, 3.63) is 53.2 Å². The van der Waals surface area contributed by atoms with Crippen LogP contribution in [0.25, 0.3) is 0 Å². The maximum atomic E-state index is 13.8. The minimum absolute atomic E-state index is 0.000304. The molecule has 3 rings (SSSR count). The fraction of sp³-hybridized carbons (Fsp3) is 0.316. The Hall–Kier alpha value is -2.87. The lowest BCUT2D eigenvalue weighted by molar-refractivity contribution is -0.157. The number of halogens is 2. The van der Waals surface area contributed by atoms with Gasteiger partial charge in [0.15, 0.2) is 6.10 Å². The van der Waals surface area contributed by atoms with Crippen molar-refractivity contribution in [2.45, 2.75) is 26.0 Å². The van der Waals surface area contributed by atoms with Crippen molar-refractivity contribution in [2.75, 3.05) is 11.9 Å². The molecular weight excluding hydrogens is 391 g/mol. The van der Waals surface area contributed by atoms with E-state index in [1.54, 1.807) is 12.1 Å². The van der Waals surface area contributed by atoms with Gasteiger partial charge >= 0.3 is 5.97 Å². The third-order valence-electron chi connectivity index (χ3n) is 4.33. The lowest BCUT2D eigenvalue weighted by Crippen LogP contribution is -2.33. The molecule has 0 bridgehead atoms. The molecule has 0 saturated carbocycles. The van der Waals surface area contributed by atoms with E-state index in [2.05, 4.69) is 5.32 Å². The van der Waals surface area contributed by atoms with E-state index in [1.807, 2.05) is 0 Å². The molecule has 2 aromatic rings. The van der Waals surface area contributed by atoms with E-state index < -0.39 is 29.7 Å². The molecule has 2 amide bonds. The maximum Gasteiger partial charge on any atom is 0.312 e. The largest absolute Gasteiger partial charge is 0.467 e. The molecule has 2 atom stereocenters. The maximum absolute atomic E-state index is 13.8. The van der Waals surface area contributed by atoms with Gasteiger partial charge in [0.25, 0.3) is 5.91 Å². The molecule has 2 heterocycles. The van der Waals surface area contributed by atoms with E-state index in [-0.39, 0.29) is 36.1 Å². The Morgan fingerprint density at radius 3 is 2.89 bits per heavy atom. The van der Waals surface area contributed by atoms with Gasteiger partial charge in [-0.05, 0) is 37.3 Å². The van der Waals surface area contributed by atoms with Crippen LogP contribution < -0.4 is 5.32 Å². The minimum atomic E-state index is -1.16. The van der Waals surface area contributed by atoms with Crippen molar-refractivity contribution in [2.24, 2.45) is 5.92 Å². The molecule has 1 aromatic carbocycles. The Kier molecular flexibility index (Phi) is 5.99. The van der Waals surface area contributed by atoms with Crippen LogP contribution in [0.2, 0.25) is 5.02 Å². The molecule has 0 unspecified atom stereocenters. The highest BCUT2D eigenvalue weighted by Gasteiger charge is 2.37. The number of amides is 2. The fourth-order valence-electron chi connectivity index (χ4n) is 2.82. The number of hydrogen-bond acceptors (Lipinski definition) is 5. The lowest BCUT2D eigenvalue weighted by atomic mass is 10.1. The second-order valence-corrected chi connectivity index (χ2v) is 6.88. The molecule has 1 aromatic heterocycles. The Balaban J connectivity index is 1.53. The highest BCUT2D eigenvalue weighted by molar-refractivity contribution is 6.30. The van der Waals surface area contributed by atoms with Gasteiger partial charge in [0.2, 0.25) is 5.91 Å². The summed E-state index contributed by atoms with van der Waals surface area (Å²) in [5.41, 5.74) is -0.0713. The van der Waals surface area contributed by atoms with E-state index in [0.29, 0.717) is 5.76 Å². The molecule has 1 saturated heterocycles. The normalized spacial score (nSPS) is 17.5. The number of carbonyl (C=O) groups excluding carboxylic acids is 3. The van der Waals surface area contributed by atoms with Crippen molar-refractivity contribution >= 4 is 35.1 Å². The first kappa shape index (κ1) is 19.9. The van der Waals surface area contributed by atoms with E-state index in [1.165, 1.54) is 30.2 Å². The van der Waals surface area contributed by atoms with Crippen LogP contribution in [-0.2, 0) is 25.7 Å². The van der Waals surface area contributed by atoms with Crippen LogP contribution in [0.1, 0.15) is 19.1 Å². The first-order valence-corrected chi connectivity index (χ1v) is 8.98. The molecule has 1 aliphatic heterocycles. The highest BCUT2D eigenvalue weighted by Crippen LogP contribution is 2.23. The first-order chi connectivity index (χ1) is 13.3. The average Bonchev–Trinajstić information content (AvgIpc) is 3.28. The molecule has 0 radical (unpaired) electrons. The van der Waals surface area contributed by atoms with Gasteiger partial charge in [0.05, 0.1) is 24.4 Å². The van der Waals surface area contributed by atoms with Gasteiger partial charge < -0.3 is 19.4 Å². The van der Waals surface area contributed by atoms with Gasteiger partial charge in [-0.3, -0.25) is 14.4 Å². The Morgan fingerprint density at radius 2 is 2.21 bits per heavy atom. The van der Waals surface area contributed by atoms with Gasteiger partial charge in [-0.25, -0.2) is 4.39 Å². The van der Waals surface area contributed by atoms with Crippen molar-refractivity contribution in [3.63, 3.8) is 0 Å². The van der Waals surface area contributed by atoms with Crippen LogP contribution in [0, 0.1) is 11.7 Å². The summed E-state index contributed by atoms with van der Waals surface area (Å²) in [6, 6.07) is 7.25. The molecule has 0 spiro atoms. The van der Waals surface area contributed by atoms with Crippen molar-refractivity contribution in [1.29, 1.82) is 0 Å². The number of rotatable bonds is 6. The van der Waals surface area contributed by atoms with Crippen LogP contribution in [0.4, 0.5) is 10.1 Å². The highest BCUT2D eigenvalue weighted by atomic mass is 35.5. The zero-order valence-corrected chi connectivity index (χ0v) is 15.7. The predicted molar refractivity (Wildman–Crippen MR) is 97.8 cm³/mol. The molecule has 9 heteroatoms. The number of carbonyl (C=O) groups is 3. The fourth-order valence-corrected chi connectivity index (χ4v) is 2.98. The summed E-state index contributed by atoms with van der Waals surface area (Å²) in [5.74, 6) is -2.31. The molecule has 148 valence electrons. The monoisotopic (exact) mass is 408 g/mol. The predicted octanol–water partition coefficient (Wildman–Crippen LogP) is 2.99. The number of nitrogens with zero attached hydrogens (tertiary/aromatic N) is 1. The van der Waals surface area contributed by atoms with Crippen LogP contribution in [0.5, 0.6) is 0 Å². The van der Waals surface area contributed by atoms with E-state index >= 15 is 0 Å². The van der Waals surface area contributed by atoms with E-state index in [0.717, 1.165) is 6.07 Å². The number of hydrogen-bond donors (Lipinski definition) is 1. The summed E-state index contributed by atoms with van der Waals surface area (Å²) in [7, 11) is 0. The summed E-state index contributed by atoms with van der Waals surface area (Å²) in [5, 5.41) is 2.54. The van der Waals surface area contributed by atoms with Gasteiger partial charge in [0.1, 0.15) is 11.6 Å². The molecule has 7 nitrogen and oxygen atoms in total. The Morgan fingerprint density at radius 1 is 1.43 bits per heavy atom. The molecule has 1 aliphatic rings. The smallest absolute Gasteiger partial charge is 0.312 e. The van der Waals surface area contributed by atoms with Gasteiger partial charge in [-0.2, -0.15) is 0 Å². The minimum Gasteiger partial charge on any atom is -0.467 e. The Labute approximate surface area is 165 Å².